The molecule has 320 valence electrons. The highest BCUT2D eigenvalue weighted by Gasteiger charge is 2.35. The molecule has 55 heavy (non-hydrogen) atoms. The molecule has 2 unspecified atom stereocenters. The Morgan fingerprint density at radius 1 is 0.636 bits per heavy atom. The third-order valence-corrected chi connectivity index (χ3v) is 11.9. The Morgan fingerprint density at radius 2 is 1.02 bits per heavy atom. The second-order valence-corrected chi connectivity index (χ2v) is 17.3. The van der Waals surface area contributed by atoms with Crippen LogP contribution in [0.3, 0.4) is 0 Å². The van der Waals surface area contributed by atoms with Crippen LogP contribution < -0.4 is 5.73 Å². The Labute approximate surface area is 339 Å². The van der Waals surface area contributed by atoms with Crippen molar-refractivity contribution in [1.82, 2.24) is 4.90 Å². The molecule has 4 N–H and O–H groups in total. The van der Waals surface area contributed by atoms with E-state index in [1.165, 1.54) is 224 Å². The lowest BCUT2D eigenvalue weighted by atomic mass is 9.80. The largest absolute Gasteiger partial charge is 0.481 e. The number of hydrogen-bond acceptors (Lipinski definition) is 5. The molecule has 7 nitrogen and oxygen atoms in total. The Morgan fingerprint density at radius 3 is 1.38 bits per heavy atom. The standard InChI is InChI=1S/C39H79N3.C9H10O4/c1-4-7-9-11-13-15-17-19-21-22-23-25-27-29-31-33-35-38-41-39(40,37-42(38)6-3)36-34-32-30-28-26-24-20-18-16-14-12-10-8-5-2;1-9(8(12)13)4-2-3-6(5-9)7(10)11/h4-37,40H2,1-3H3;2-4H,5H2,1H3,(H,10,11)(H,12,13). The van der Waals surface area contributed by atoms with Crippen LogP contribution in [0.1, 0.15) is 240 Å². The molecule has 2 aliphatic rings. The van der Waals surface area contributed by atoms with Crippen molar-refractivity contribution in [2.75, 3.05) is 13.1 Å². The first-order valence-corrected chi connectivity index (χ1v) is 23.6. The normalized spacial score (nSPS) is 19.3. The van der Waals surface area contributed by atoms with Gasteiger partial charge in [-0.1, -0.05) is 212 Å². The molecule has 0 aromatic rings. The molecule has 0 bridgehead atoms. The van der Waals surface area contributed by atoms with Gasteiger partial charge in [0.1, 0.15) is 11.5 Å². The summed E-state index contributed by atoms with van der Waals surface area (Å²) in [6, 6.07) is 0. The third-order valence-electron chi connectivity index (χ3n) is 11.9. The second kappa shape index (κ2) is 32.9. The van der Waals surface area contributed by atoms with Gasteiger partial charge in [0.2, 0.25) is 0 Å². The molecule has 2 rings (SSSR count). The Bertz CT molecular complexity index is 1070. The average Bonchev–Trinajstić information content (AvgIpc) is 3.50. The summed E-state index contributed by atoms with van der Waals surface area (Å²) in [4.78, 5) is 28.9. The highest BCUT2D eigenvalue weighted by Crippen LogP contribution is 2.31. The van der Waals surface area contributed by atoms with Crippen molar-refractivity contribution in [1.29, 1.82) is 0 Å². The molecule has 7 heteroatoms. The number of amidine groups is 1. The lowest BCUT2D eigenvalue weighted by molar-refractivity contribution is -0.145. The number of carboxylic acids is 2. The van der Waals surface area contributed by atoms with Gasteiger partial charge in [-0.05, 0) is 39.5 Å². The lowest BCUT2D eigenvalue weighted by Gasteiger charge is -2.24. The van der Waals surface area contributed by atoms with Crippen LogP contribution in [0.25, 0.3) is 0 Å². The third kappa shape index (κ3) is 25.7. The van der Waals surface area contributed by atoms with Gasteiger partial charge in [-0.2, -0.15) is 0 Å². The van der Waals surface area contributed by atoms with Crippen LogP contribution in [0.4, 0.5) is 0 Å². The van der Waals surface area contributed by atoms with Crippen LogP contribution in [0.5, 0.6) is 0 Å². The predicted molar refractivity (Wildman–Crippen MR) is 236 cm³/mol. The fraction of sp³-hybridized carbons (Fsp3) is 0.854. The first-order valence-electron chi connectivity index (χ1n) is 23.6. The van der Waals surface area contributed by atoms with Gasteiger partial charge in [0, 0.05) is 18.5 Å². The monoisotopic (exact) mass is 772 g/mol. The second-order valence-electron chi connectivity index (χ2n) is 17.3. The zero-order valence-corrected chi connectivity index (χ0v) is 36.7. The van der Waals surface area contributed by atoms with E-state index in [2.05, 4.69) is 25.7 Å². The van der Waals surface area contributed by atoms with E-state index in [4.69, 9.17) is 20.9 Å². The summed E-state index contributed by atoms with van der Waals surface area (Å²) in [6.07, 6.45) is 49.1. The Kier molecular flexibility index (Phi) is 30.4. The van der Waals surface area contributed by atoms with Gasteiger partial charge < -0.3 is 20.8 Å². The summed E-state index contributed by atoms with van der Waals surface area (Å²) < 4.78 is 0. The average molecular weight is 772 g/mol. The zero-order valence-electron chi connectivity index (χ0n) is 36.7. The summed E-state index contributed by atoms with van der Waals surface area (Å²) in [5.74, 6) is -0.761. The SMILES string of the molecule is CC1(C(=O)O)C=CC=C(C(=O)O)C1.CCCCCCCCCCCCCCCCCCC1=NC(N)(CCCCCCCCCCCCCCCC)CN1CC. The number of nitrogens with zero attached hydrogens (tertiary/aromatic N) is 2. The molecule has 1 heterocycles. The van der Waals surface area contributed by atoms with Gasteiger partial charge in [0.15, 0.2) is 0 Å². The summed E-state index contributed by atoms with van der Waals surface area (Å²) in [7, 11) is 0. The Hall–Kier alpha value is -2.15. The van der Waals surface area contributed by atoms with Gasteiger partial charge in [-0.25, -0.2) is 9.79 Å². The van der Waals surface area contributed by atoms with Crippen molar-refractivity contribution in [2.45, 2.75) is 245 Å². The molecule has 0 spiro atoms. The number of unbranched alkanes of at least 4 members (excludes halogenated alkanes) is 28. The summed E-state index contributed by atoms with van der Waals surface area (Å²) >= 11 is 0. The van der Waals surface area contributed by atoms with E-state index in [1.807, 2.05) is 0 Å². The maximum absolute atomic E-state index is 10.8. The minimum absolute atomic E-state index is 0.0359. The summed E-state index contributed by atoms with van der Waals surface area (Å²) in [6.45, 7) is 10.4. The maximum Gasteiger partial charge on any atom is 0.331 e. The van der Waals surface area contributed by atoms with Crippen molar-refractivity contribution in [3.63, 3.8) is 0 Å². The first-order chi connectivity index (χ1) is 26.6. The highest BCUT2D eigenvalue weighted by molar-refractivity contribution is 5.90. The van der Waals surface area contributed by atoms with E-state index in [1.54, 1.807) is 0 Å². The van der Waals surface area contributed by atoms with E-state index in [0.29, 0.717) is 0 Å². The number of nitrogens with two attached hydrogens (primary N) is 1. The maximum atomic E-state index is 10.8. The molecule has 0 saturated carbocycles. The number of likely N-dealkylation sites (N-methyl/N-ethyl adjacent to an activating group) is 1. The van der Waals surface area contributed by atoms with E-state index >= 15 is 0 Å². The zero-order chi connectivity index (χ0) is 40.5. The fourth-order valence-corrected chi connectivity index (χ4v) is 8.07. The van der Waals surface area contributed by atoms with Gasteiger partial charge in [0.05, 0.1) is 12.0 Å². The number of aliphatic carboxylic acids is 2. The first kappa shape index (κ1) is 50.9. The number of carboxylic acid groups (broad SMARTS) is 2. The van der Waals surface area contributed by atoms with E-state index in [9.17, 15) is 9.59 Å². The van der Waals surface area contributed by atoms with Gasteiger partial charge >= 0.3 is 11.9 Å². The van der Waals surface area contributed by atoms with Crippen molar-refractivity contribution in [3.8, 4) is 0 Å². The number of aliphatic imine (C=N–C) groups is 1. The molecule has 0 amide bonds. The number of carbonyl (C=O) groups is 2. The van der Waals surface area contributed by atoms with Crippen LogP contribution in [0.15, 0.2) is 28.8 Å². The van der Waals surface area contributed by atoms with Crippen molar-refractivity contribution >= 4 is 17.8 Å². The topological polar surface area (TPSA) is 116 Å². The van der Waals surface area contributed by atoms with Crippen LogP contribution in [-0.2, 0) is 9.59 Å². The van der Waals surface area contributed by atoms with Crippen molar-refractivity contribution < 1.29 is 19.8 Å². The van der Waals surface area contributed by atoms with Crippen LogP contribution in [-0.4, -0.2) is 51.6 Å². The quantitative estimate of drug-likeness (QED) is 0.0553. The predicted octanol–water partition coefficient (Wildman–Crippen LogP) is 13.9. The number of rotatable bonds is 35. The van der Waals surface area contributed by atoms with Crippen molar-refractivity contribution in [3.05, 3.63) is 23.8 Å². The van der Waals surface area contributed by atoms with Crippen molar-refractivity contribution in [2.24, 2.45) is 16.1 Å². The van der Waals surface area contributed by atoms with E-state index in [0.717, 1.165) is 25.9 Å². The Balaban J connectivity index is 0.000000974. The highest BCUT2D eigenvalue weighted by atomic mass is 16.4. The molecule has 0 saturated heterocycles. The summed E-state index contributed by atoms with van der Waals surface area (Å²) in [5.41, 5.74) is 5.52. The van der Waals surface area contributed by atoms with Crippen LogP contribution in [0.2, 0.25) is 0 Å². The lowest BCUT2D eigenvalue weighted by Crippen LogP contribution is -2.43. The number of hydrogen-bond donors (Lipinski definition) is 3. The molecule has 0 aromatic heterocycles. The van der Waals surface area contributed by atoms with E-state index < -0.39 is 17.4 Å². The molecule has 1 aliphatic heterocycles. The summed E-state index contributed by atoms with van der Waals surface area (Å²) in [5, 5.41) is 17.5. The van der Waals surface area contributed by atoms with Crippen LogP contribution in [0, 0.1) is 5.41 Å². The van der Waals surface area contributed by atoms with Gasteiger partial charge in [-0.15, -0.1) is 0 Å². The van der Waals surface area contributed by atoms with Gasteiger partial charge in [0.25, 0.3) is 0 Å². The molecule has 1 aliphatic carbocycles. The molecule has 0 radical (unpaired) electrons. The molecule has 0 fully saturated rings. The molecular weight excluding hydrogens is 683 g/mol. The molecule has 0 aromatic carbocycles. The minimum atomic E-state index is -1.08. The molecular formula is C48H89N3O4. The minimum Gasteiger partial charge on any atom is -0.481 e. The van der Waals surface area contributed by atoms with E-state index in [-0.39, 0.29) is 17.7 Å². The van der Waals surface area contributed by atoms with Gasteiger partial charge in [-0.3, -0.25) is 4.79 Å². The molecule has 2 atom stereocenters. The fourth-order valence-electron chi connectivity index (χ4n) is 8.07. The number of allylic oxidation sites excluding steroid dienone is 2. The smallest absolute Gasteiger partial charge is 0.331 e. The van der Waals surface area contributed by atoms with Crippen LogP contribution >= 0.6 is 0 Å².